The zero-order chi connectivity index (χ0) is 12.5. The van der Waals surface area contributed by atoms with Crippen LogP contribution in [0.1, 0.15) is 13.3 Å². The lowest BCUT2D eigenvalue weighted by Crippen LogP contribution is -2.09. The van der Waals surface area contributed by atoms with Crippen LogP contribution >= 0.6 is 0 Å². The Morgan fingerprint density at radius 2 is 2.22 bits per heavy atom. The van der Waals surface area contributed by atoms with E-state index >= 15 is 0 Å². The van der Waals surface area contributed by atoms with Crippen molar-refractivity contribution in [2.45, 2.75) is 19.9 Å². The number of fused-ring (bicyclic) bond motifs is 1. The van der Waals surface area contributed by atoms with E-state index in [4.69, 9.17) is 4.74 Å². The van der Waals surface area contributed by atoms with Crippen LogP contribution in [0.2, 0.25) is 0 Å². The number of nitrogens with zero attached hydrogens (tertiary/aromatic N) is 1. The molecule has 3 nitrogen and oxygen atoms in total. The third kappa shape index (κ3) is 2.01. The maximum Gasteiger partial charge on any atom is 0.309 e. The van der Waals surface area contributed by atoms with Crippen molar-refractivity contribution in [1.82, 2.24) is 4.57 Å². The van der Waals surface area contributed by atoms with Crippen LogP contribution in [-0.2, 0) is 16.1 Å². The van der Waals surface area contributed by atoms with E-state index < -0.39 is 0 Å². The van der Waals surface area contributed by atoms with E-state index in [0.29, 0.717) is 12.5 Å². The molecule has 0 spiro atoms. The molecule has 1 aliphatic carbocycles. The predicted octanol–water partition coefficient (Wildman–Crippen LogP) is 2.84. The Morgan fingerprint density at radius 1 is 1.39 bits per heavy atom. The fraction of sp³-hybridized carbons (Fsp3) is 0.400. The second-order valence-corrected chi connectivity index (χ2v) is 4.88. The van der Waals surface area contributed by atoms with Crippen molar-refractivity contribution in [3.05, 3.63) is 36.5 Å². The van der Waals surface area contributed by atoms with Gasteiger partial charge in [-0.3, -0.25) is 4.79 Å². The van der Waals surface area contributed by atoms with Gasteiger partial charge in [-0.15, -0.1) is 0 Å². The minimum absolute atomic E-state index is 0.0287. The van der Waals surface area contributed by atoms with E-state index in [9.17, 15) is 4.79 Å². The van der Waals surface area contributed by atoms with E-state index in [-0.39, 0.29) is 11.9 Å². The van der Waals surface area contributed by atoms with Crippen molar-refractivity contribution in [2.75, 3.05) is 6.61 Å². The summed E-state index contributed by atoms with van der Waals surface area (Å²) in [6, 6.07) is 10.5. The van der Waals surface area contributed by atoms with Crippen molar-refractivity contribution in [2.24, 2.45) is 11.8 Å². The summed E-state index contributed by atoms with van der Waals surface area (Å²) in [7, 11) is 0. The highest BCUT2D eigenvalue weighted by Gasteiger charge is 2.44. The van der Waals surface area contributed by atoms with Crippen LogP contribution in [0.25, 0.3) is 10.9 Å². The molecule has 1 fully saturated rings. The normalized spacial score (nSPS) is 22.1. The lowest BCUT2D eigenvalue weighted by atomic mass is 10.2. The molecule has 1 saturated carbocycles. The molecule has 1 aromatic heterocycles. The lowest BCUT2D eigenvalue weighted by molar-refractivity contribution is -0.145. The molecule has 0 radical (unpaired) electrons. The van der Waals surface area contributed by atoms with E-state index in [1.165, 1.54) is 10.9 Å². The first kappa shape index (κ1) is 11.3. The number of rotatable bonds is 4. The van der Waals surface area contributed by atoms with Crippen molar-refractivity contribution >= 4 is 16.9 Å². The van der Waals surface area contributed by atoms with Gasteiger partial charge in [-0.25, -0.2) is 0 Å². The quantitative estimate of drug-likeness (QED) is 0.773. The highest BCUT2D eigenvalue weighted by molar-refractivity contribution is 5.80. The Bertz CT molecular complexity index is 573. The molecule has 2 atom stereocenters. The number of para-hydroxylation sites is 1. The standard InChI is InChI=1S/C15H17NO2/c1-2-18-15(17)13-9-12(13)10-16-8-7-11-5-3-4-6-14(11)16/h3-8,12-13H,2,9-10H2,1H3/t12-,13+/m0/s1. The van der Waals surface area contributed by atoms with Gasteiger partial charge in [-0.1, -0.05) is 18.2 Å². The Morgan fingerprint density at radius 3 is 3.06 bits per heavy atom. The molecule has 94 valence electrons. The molecule has 0 saturated heterocycles. The van der Waals surface area contributed by atoms with Gasteiger partial charge in [0.1, 0.15) is 0 Å². The summed E-state index contributed by atoms with van der Waals surface area (Å²) in [6.07, 6.45) is 3.07. The van der Waals surface area contributed by atoms with E-state index in [1.807, 2.05) is 13.0 Å². The topological polar surface area (TPSA) is 31.2 Å². The highest BCUT2D eigenvalue weighted by Crippen LogP contribution is 2.41. The molecule has 2 aromatic rings. The third-order valence-electron chi connectivity index (χ3n) is 3.62. The second-order valence-electron chi connectivity index (χ2n) is 4.88. The minimum atomic E-state index is -0.0287. The smallest absolute Gasteiger partial charge is 0.309 e. The average Bonchev–Trinajstić information content (AvgIpc) is 3.03. The summed E-state index contributed by atoms with van der Waals surface area (Å²) in [4.78, 5) is 11.6. The number of esters is 1. The highest BCUT2D eigenvalue weighted by atomic mass is 16.5. The van der Waals surface area contributed by atoms with Crippen LogP contribution in [0.15, 0.2) is 36.5 Å². The van der Waals surface area contributed by atoms with Crippen LogP contribution in [0.3, 0.4) is 0 Å². The lowest BCUT2D eigenvalue weighted by Gasteiger charge is -2.05. The number of hydrogen-bond acceptors (Lipinski definition) is 2. The van der Waals surface area contributed by atoms with E-state index in [0.717, 1.165) is 13.0 Å². The molecular weight excluding hydrogens is 226 g/mol. The van der Waals surface area contributed by atoms with Gasteiger partial charge in [0.25, 0.3) is 0 Å². The summed E-state index contributed by atoms with van der Waals surface area (Å²) < 4.78 is 7.29. The van der Waals surface area contributed by atoms with Gasteiger partial charge in [0.05, 0.1) is 12.5 Å². The molecule has 1 aliphatic rings. The van der Waals surface area contributed by atoms with Crippen LogP contribution in [0.5, 0.6) is 0 Å². The number of hydrogen-bond donors (Lipinski definition) is 0. The molecule has 0 aliphatic heterocycles. The van der Waals surface area contributed by atoms with Crippen LogP contribution in [0.4, 0.5) is 0 Å². The molecule has 1 heterocycles. The summed E-state index contributed by atoms with van der Waals surface area (Å²) in [6.45, 7) is 3.25. The number of carbonyl (C=O) groups is 1. The van der Waals surface area contributed by atoms with Crippen LogP contribution in [0, 0.1) is 11.8 Å². The molecule has 0 bridgehead atoms. The zero-order valence-electron chi connectivity index (χ0n) is 10.5. The fourth-order valence-corrected chi connectivity index (χ4v) is 2.54. The Balaban J connectivity index is 1.70. The molecular formula is C15H17NO2. The summed E-state index contributed by atoms with van der Waals surface area (Å²) in [5, 5.41) is 1.26. The molecule has 1 aromatic carbocycles. The maximum absolute atomic E-state index is 11.6. The van der Waals surface area contributed by atoms with Gasteiger partial charge in [0, 0.05) is 18.3 Å². The van der Waals surface area contributed by atoms with E-state index in [2.05, 4.69) is 35.0 Å². The van der Waals surface area contributed by atoms with Crippen molar-refractivity contribution in [1.29, 1.82) is 0 Å². The molecule has 3 heteroatoms. The summed E-state index contributed by atoms with van der Waals surface area (Å²) in [5.74, 6) is 0.532. The first-order valence-corrected chi connectivity index (χ1v) is 6.50. The van der Waals surface area contributed by atoms with E-state index in [1.54, 1.807) is 0 Å². The van der Waals surface area contributed by atoms with Crippen LogP contribution in [-0.4, -0.2) is 17.1 Å². The fourth-order valence-electron chi connectivity index (χ4n) is 2.54. The average molecular weight is 243 g/mol. The van der Waals surface area contributed by atoms with Crippen LogP contribution < -0.4 is 0 Å². The third-order valence-corrected chi connectivity index (χ3v) is 3.62. The number of ether oxygens (including phenoxy) is 1. The summed E-state index contributed by atoms with van der Waals surface area (Å²) >= 11 is 0. The SMILES string of the molecule is CCOC(=O)[C@@H]1C[C@H]1Cn1ccc2ccccc21. The Labute approximate surface area is 106 Å². The first-order chi connectivity index (χ1) is 8.79. The van der Waals surface area contributed by atoms with Gasteiger partial charge in [0.2, 0.25) is 0 Å². The molecule has 0 unspecified atom stereocenters. The van der Waals surface area contributed by atoms with Gasteiger partial charge in [-0.2, -0.15) is 0 Å². The molecule has 18 heavy (non-hydrogen) atoms. The van der Waals surface area contributed by atoms with Crippen molar-refractivity contribution in [3.8, 4) is 0 Å². The number of aromatic nitrogens is 1. The number of benzene rings is 1. The van der Waals surface area contributed by atoms with Gasteiger partial charge < -0.3 is 9.30 Å². The summed E-state index contributed by atoms with van der Waals surface area (Å²) in [5.41, 5.74) is 1.24. The largest absolute Gasteiger partial charge is 0.466 e. The Hall–Kier alpha value is -1.77. The van der Waals surface area contributed by atoms with Gasteiger partial charge in [-0.05, 0) is 36.8 Å². The van der Waals surface area contributed by atoms with Gasteiger partial charge in [0.15, 0.2) is 0 Å². The van der Waals surface area contributed by atoms with Crippen molar-refractivity contribution < 1.29 is 9.53 Å². The Kier molecular flexibility index (Phi) is 2.82. The van der Waals surface area contributed by atoms with Gasteiger partial charge >= 0.3 is 5.97 Å². The molecule has 0 amide bonds. The van der Waals surface area contributed by atoms with Crippen molar-refractivity contribution in [3.63, 3.8) is 0 Å². The predicted molar refractivity (Wildman–Crippen MR) is 70.2 cm³/mol. The maximum atomic E-state index is 11.6. The minimum Gasteiger partial charge on any atom is -0.466 e. The monoisotopic (exact) mass is 243 g/mol. The second kappa shape index (κ2) is 4.48. The first-order valence-electron chi connectivity index (χ1n) is 6.50. The number of carbonyl (C=O) groups excluding carboxylic acids is 1. The molecule has 0 N–H and O–H groups in total. The molecule has 3 rings (SSSR count). The zero-order valence-corrected chi connectivity index (χ0v) is 10.5.